The number of hydrogen-bond acceptors (Lipinski definition) is 2. The van der Waals surface area contributed by atoms with Crippen LogP contribution in [0.4, 0.5) is 13.2 Å². The molecule has 0 spiro atoms. The van der Waals surface area contributed by atoms with Crippen LogP contribution in [-0.2, 0) is 0 Å². The fraction of sp³-hybridized carbons (Fsp3) is 0.100. The first-order chi connectivity index (χ1) is 7.47. The van der Waals surface area contributed by atoms with E-state index in [0.717, 1.165) is 0 Å². The second-order valence-electron chi connectivity index (χ2n) is 3.17. The van der Waals surface area contributed by atoms with Crippen molar-refractivity contribution in [3.63, 3.8) is 0 Å². The SMILES string of the molecule is OC(=Cc1nc2ccccc2[nH]1)C(F)(F)F. The van der Waals surface area contributed by atoms with Crippen LogP contribution in [0.25, 0.3) is 17.1 Å². The van der Waals surface area contributed by atoms with Gasteiger partial charge in [-0.1, -0.05) is 12.1 Å². The number of aromatic nitrogens is 2. The van der Waals surface area contributed by atoms with Crippen molar-refractivity contribution in [3.05, 3.63) is 35.8 Å². The highest BCUT2D eigenvalue weighted by molar-refractivity contribution is 5.76. The molecular formula is C10H7F3N2O. The van der Waals surface area contributed by atoms with Gasteiger partial charge in [-0.15, -0.1) is 0 Å². The minimum absolute atomic E-state index is 0.0315. The number of halogens is 3. The predicted octanol–water partition coefficient (Wildman–Crippen LogP) is 3.02. The van der Waals surface area contributed by atoms with Crippen molar-refractivity contribution in [1.82, 2.24) is 9.97 Å². The van der Waals surface area contributed by atoms with E-state index < -0.39 is 11.9 Å². The Morgan fingerprint density at radius 1 is 1.31 bits per heavy atom. The van der Waals surface area contributed by atoms with Gasteiger partial charge in [-0.05, 0) is 12.1 Å². The predicted molar refractivity (Wildman–Crippen MR) is 52.8 cm³/mol. The molecule has 1 aromatic heterocycles. The highest BCUT2D eigenvalue weighted by Crippen LogP contribution is 2.24. The van der Waals surface area contributed by atoms with Gasteiger partial charge in [0.1, 0.15) is 5.82 Å². The lowest BCUT2D eigenvalue weighted by molar-refractivity contribution is -0.119. The van der Waals surface area contributed by atoms with Crippen molar-refractivity contribution in [1.29, 1.82) is 0 Å². The standard InChI is InChI=1S/C10H7F3N2O/c11-10(12,13)8(16)5-9-14-6-3-1-2-4-7(6)15-9/h1-5,16H,(H,14,15). The third-order valence-electron chi connectivity index (χ3n) is 1.97. The molecule has 0 bridgehead atoms. The van der Waals surface area contributed by atoms with Crippen molar-refractivity contribution < 1.29 is 18.3 Å². The van der Waals surface area contributed by atoms with Crippen LogP contribution in [0.3, 0.4) is 0 Å². The largest absolute Gasteiger partial charge is 0.504 e. The Balaban J connectivity index is 2.42. The topological polar surface area (TPSA) is 48.9 Å². The zero-order chi connectivity index (χ0) is 11.8. The molecule has 2 rings (SSSR count). The third-order valence-corrected chi connectivity index (χ3v) is 1.97. The molecule has 0 fully saturated rings. The van der Waals surface area contributed by atoms with E-state index in [1.54, 1.807) is 24.3 Å². The van der Waals surface area contributed by atoms with Crippen LogP contribution < -0.4 is 0 Å². The monoisotopic (exact) mass is 228 g/mol. The quantitative estimate of drug-likeness (QED) is 0.737. The summed E-state index contributed by atoms with van der Waals surface area (Å²) >= 11 is 0. The molecule has 16 heavy (non-hydrogen) atoms. The molecule has 0 saturated heterocycles. The summed E-state index contributed by atoms with van der Waals surface area (Å²) in [5.41, 5.74) is 1.16. The first kappa shape index (κ1) is 10.5. The van der Waals surface area contributed by atoms with Crippen molar-refractivity contribution in [2.24, 2.45) is 0 Å². The molecule has 1 heterocycles. The number of hydrogen-bond donors (Lipinski definition) is 2. The first-order valence-corrected chi connectivity index (χ1v) is 4.39. The number of fused-ring (bicyclic) bond motifs is 1. The van der Waals surface area contributed by atoms with Crippen LogP contribution >= 0.6 is 0 Å². The number of alkyl halides is 3. The van der Waals surface area contributed by atoms with E-state index in [4.69, 9.17) is 5.11 Å². The van der Waals surface area contributed by atoms with Crippen LogP contribution in [0.15, 0.2) is 30.0 Å². The molecule has 0 aliphatic carbocycles. The second-order valence-corrected chi connectivity index (χ2v) is 3.17. The molecule has 2 aromatic rings. The van der Waals surface area contributed by atoms with Crippen LogP contribution in [0.5, 0.6) is 0 Å². The van der Waals surface area contributed by atoms with Gasteiger partial charge in [-0.3, -0.25) is 0 Å². The Morgan fingerprint density at radius 3 is 2.62 bits per heavy atom. The number of para-hydroxylation sites is 2. The first-order valence-electron chi connectivity index (χ1n) is 4.39. The summed E-state index contributed by atoms with van der Waals surface area (Å²) in [5, 5.41) is 8.74. The van der Waals surface area contributed by atoms with Crippen molar-refractivity contribution in [3.8, 4) is 0 Å². The molecule has 0 radical (unpaired) electrons. The van der Waals surface area contributed by atoms with Gasteiger partial charge in [0, 0.05) is 6.08 Å². The Morgan fingerprint density at radius 2 is 2.00 bits per heavy atom. The molecule has 0 aliphatic heterocycles. The number of aromatic amines is 1. The molecule has 0 aliphatic rings. The maximum atomic E-state index is 12.0. The molecule has 0 unspecified atom stereocenters. The second kappa shape index (κ2) is 3.55. The van der Waals surface area contributed by atoms with E-state index in [1.807, 2.05) is 0 Å². The van der Waals surface area contributed by atoms with Gasteiger partial charge in [0.25, 0.3) is 0 Å². The van der Waals surface area contributed by atoms with Gasteiger partial charge in [0.15, 0.2) is 0 Å². The maximum absolute atomic E-state index is 12.0. The molecular weight excluding hydrogens is 221 g/mol. The van der Waals surface area contributed by atoms with Crippen LogP contribution in [0.2, 0.25) is 0 Å². The molecule has 3 nitrogen and oxygen atoms in total. The van der Waals surface area contributed by atoms with Gasteiger partial charge in [0.05, 0.1) is 11.0 Å². The van der Waals surface area contributed by atoms with E-state index in [9.17, 15) is 13.2 Å². The Kier molecular flexibility index (Phi) is 2.34. The molecule has 1 aromatic carbocycles. The van der Waals surface area contributed by atoms with Crippen molar-refractivity contribution in [2.75, 3.05) is 0 Å². The Labute approximate surface area is 88.2 Å². The van der Waals surface area contributed by atoms with E-state index >= 15 is 0 Å². The van der Waals surface area contributed by atoms with Crippen LogP contribution in [0, 0.1) is 0 Å². The Bertz CT molecular complexity index is 509. The summed E-state index contributed by atoms with van der Waals surface area (Å²) in [4.78, 5) is 6.53. The molecule has 2 N–H and O–H groups in total. The molecule has 0 atom stereocenters. The van der Waals surface area contributed by atoms with E-state index in [1.165, 1.54) is 0 Å². The number of aliphatic hydroxyl groups is 1. The van der Waals surface area contributed by atoms with E-state index in [2.05, 4.69) is 9.97 Å². The van der Waals surface area contributed by atoms with Crippen molar-refractivity contribution in [2.45, 2.75) is 6.18 Å². The summed E-state index contributed by atoms with van der Waals surface area (Å²) in [6, 6.07) is 6.80. The number of nitrogens with one attached hydrogen (secondary N) is 1. The number of allylic oxidation sites excluding steroid dienone is 1. The van der Waals surface area contributed by atoms with Gasteiger partial charge in [0.2, 0.25) is 5.76 Å². The Hall–Kier alpha value is -1.98. The third kappa shape index (κ3) is 2.00. The smallest absolute Gasteiger partial charge is 0.448 e. The maximum Gasteiger partial charge on any atom is 0.448 e. The van der Waals surface area contributed by atoms with E-state index in [0.29, 0.717) is 17.1 Å². The van der Waals surface area contributed by atoms with Gasteiger partial charge < -0.3 is 10.1 Å². The van der Waals surface area contributed by atoms with Crippen LogP contribution in [-0.4, -0.2) is 21.3 Å². The summed E-state index contributed by atoms with van der Waals surface area (Å²) in [5.74, 6) is -1.71. The van der Waals surface area contributed by atoms with Crippen molar-refractivity contribution >= 4 is 17.1 Å². The number of nitrogens with zero attached hydrogens (tertiary/aromatic N) is 1. The molecule has 0 amide bonds. The highest BCUT2D eigenvalue weighted by Gasteiger charge is 2.33. The molecule has 0 saturated carbocycles. The summed E-state index contributed by atoms with van der Waals surface area (Å²) in [7, 11) is 0. The lowest BCUT2D eigenvalue weighted by Crippen LogP contribution is -2.10. The fourth-order valence-electron chi connectivity index (χ4n) is 1.25. The van der Waals surface area contributed by atoms with E-state index in [-0.39, 0.29) is 5.82 Å². The average Bonchev–Trinajstić information content (AvgIpc) is 2.58. The zero-order valence-electron chi connectivity index (χ0n) is 7.92. The number of benzene rings is 1. The summed E-state index contributed by atoms with van der Waals surface area (Å²) < 4.78 is 36.1. The van der Waals surface area contributed by atoms with Gasteiger partial charge in [-0.25, -0.2) is 4.98 Å². The van der Waals surface area contributed by atoms with Gasteiger partial charge >= 0.3 is 6.18 Å². The lowest BCUT2D eigenvalue weighted by atomic mass is 10.3. The fourth-order valence-corrected chi connectivity index (χ4v) is 1.25. The minimum atomic E-state index is -4.75. The van der Waals surface area contributed by atoms with Crippen LogP contribution in [0.1, 0.15) is 5.82 Å². The number of aliphatic hydroxyl groups excluding tert-OH is 1. The molecule has 6 heteroatoms. The molecule has 84 valence electrons. The van der Waals surface area contributed by atoms with Gasteiger partial charge in [-0.2, -0.15) is 13.2 Å². The summed E-state index contributed by atoms with van der Waals surface area (Å²) in [6.45, 7) is 0. The number of H-pyrrole nitrogens is 1. The average molecular weight is 228 g/mol. The normalized spacial score (nSPS) is 13.3. The zero-order valence-corrected chi connectivity index (χ0v) is 7.92. The summed E-state index contributed by atoms with van der Waals surface area (Å²) in [6.07, 6.45) is -4.20. The lowest BCUT2D eigenvalue weighted by Gasteiger charge is -2.02. The number of rotatable bonds is 1. The highest BCUT2D eigenvalue weighted by atomic mass is 19.4. The minimum Gasteiger partial charge on any atom is -0.504 e. The number of imidazole rings is 1.